The van der Waals surface area contributed by atoms with Crippen molar-refractivity contribution in [2.75, 3.05) is 11.9 Å². The van der Waals surface area contributed by atoms with Crippen LogP contribution in [-0.2, 0) is 14.3 Å². The number of anilines is 1. The normalized spacial score (nSPS) is 17.3. The minimum atomic E-state index is -0.306. The molecule has 0 bridgehead atoms. The summed E-state index contributed by atoms with van der Waals surface area (Å²) in [6.45, 7) is 1.70. The van der Waals surface area contributed by atoms with E-state index in [1.807, 2.05) is 31.2 Å². The van der Waals surface area contributed by atoms with E-state index >= 15 is 0 Å². The van der Waals surface area contributed by atoms with Gasteiger partial charge in [-0.2, -0.15) is 0 Å². The number of benzene rings is 1. The van der Waals surface area contributed by atoms with Crippen LogP contribution in [-0.4, -0.2) is 18.5 Å². The van der Waals surface area contributed by atoms with Gasteiger partial charge in [-0.25, -0.2) is 0 Å². The molecule has 1 amide bonds. The Bertz CT molecular complexity index is 569. The molecule has 1 aromatic rings. The molecule has 21 heavy (non-hydrogen) atoms. The average Bonchev–Trinajstić information content (AvgIpc) is 2.48. The summed E-state index contributed by atoms with van der Waals surface area (Å²) in [5, 5.41) is 2.76. The first-order valence-electron chi connectivity index (χ1n) is 6.94. The second-order valence-corrected chi connectivity index (χ2v) is 6.34. The number of esters is 1. The molecule has 0 spiro atoms. The van der Waals surface area contributed by atoms with Gasteiger partial charge >= 0.3 is 5.97 Å². The van der Waals surface area contributed by atoms with Gasteiger partial charge in [0.05, 0.1) is 5.92 Å². The summed E-state index contributed by atoms with van der Waals surface area (Å²) in [7, 11) is 0. The van der Waals surface area contributed by atoms with Crippen LogP contribution in [0.1, 0.15) is 24.8 Å². The second kappa shape index (κ2) is 7.59. The Labute approximate surface area is 138 Å². The largest absolute Gasteiger partial charge is 0.455 e. The van der Waals surface area contributed by atoms with Crippen molar-refractivity contribution < 1.29 is 14.3 Å². The predicted molar refractivity (Wildman–Crippen MR) is 90.0 cm³/mol. The quantitative estimate of drug-likeness (QED) is 0.480. The molecule has 0 aromatic heterocycles. The molecular formula is C16H18INO3. The van der Waals surface area contributed by atoms with Gasteiger partial charge in [-0.3, -0.25) is 9.59 Å². The molecule has 0 saturated carbocycles. The number of hydrogen-bond donors (Lipinski definition) is 1. The first-order chi connectivity index (χ1) is 10.1. The van der Waals surface area contributed by atoms with Crippen LogP contribution in [0.3, 0.4) is 0 Å². The molecule has 1 aliphatic rings. The number of carbonyl (C=O) groups is 2. The Hall–Kier alpha value is -1.37. The smallest absolute Gasteiger partial charge is 0.309 e. The third-order valence-corrected chi connectivity index (χ3v) is 4.08. The van der Waals surface area contributed by atoms with Crippen LogP contribution in [0.25, 0.3) is 0 Å². The predicted octanol–water partition coefficient (Wildman–Crippen LogP) is 3.44. The van der Waals surface area contributed by atoms with E-state index < -0.39 is 0 Å². The zero-order valence-corrected chi connectivity index (χ0v) is 14.1. The molecule has 0 heterocycles. The molecule has 0 saturated heterocycles. The van der Waals surface area contributed by atoms with Gasteiger partial charge in [0.1, 0.15) is 0 Å². The van der Waals surface area contributed by atoms with Gasteiger partial charge in [-0.1, -0.05) is 12.2 Å². The van der Waals surface area contributed by atoms with Crippen LogP contribution in [0, 0.1) is 16.4 Å². The second-order valence-electron chi connectivity index (χ2n) is 5.10. The summed E-state index contributed by atoms with van der Waals surface area (Å²) >= 11 is 2.22. The molecule has 0 unspecified atom stereocenters. The highest BCUT2D eigenvalue weighted by Gasteiger charge is 2.21. The van der Waals surface area contributed by atoms with Crippen molar-refractivity contribution in [3.8, 4) is 0 Å². The van der Waals surface area contributed by atoms with E-state index in [9.17, 15) is 9.59 Å². The lowest BCUT2D eigenvalue weighted by atomic mass is 9.95. The Morgan fingerprint density at radius 2 is 2.19 bits per heavy atom. The number of carbonyl (C=O) groups excluding carboxylic acids is 2. The molecule has 112 valence electrons. The highest BCUT2D eigenvalue weighted by atomic mass is 127. The third kappa shape index (κ3) is 4.84. The maximum Gasteiger partial charge on any atom is 0.309 e. The maximum absolute atomic E-state index is 11.8. The Kier molecular flexibility index (Phi) is 5.78. The van der Waals surface area contributed by atoms with Gasteiger partial charge in [-0.05, 0) is 72.5 Å². The third-order valence-electron chi connectivity index (χ3n) is 3.41. The molecule has 1 aromatic carbocycles. The number of aryl methyl sites for hydroxylation is 1. The standard InChI is InChI=1S/C16H18INO3/c1-11-9-13(17)7-8-14(11)18-15(19)10-21-16(20)12-5-3-2-4-6-12/h2-3,7-9,12H,4-6,10H2,1H3,(H,18,19)/t12-/m1/s1. The minimum Gasteiger partial charge on any atom is -0.455 e. The SMILES string of the molecule is Cc1cc(I)ccc1NC(=O)COC(=O)[C@@H]1CC=CCC1. The maximum atomic E-state index is 11.8. The molecule has 1 aliphatic carbocycles. The lowest BCUT2D eigenvalue weighted by Gasteiger charge is -2.16. The summed E-state index contributed by atoms with van der Waals surface area (Å²) in [6.07, 6.45) is 6.46. The Morgan fingerprint density at radius 3 is 2.86 bits per heavy atom. The Balaban J connectivity index is 1.81. The minimum absolute atomic E-state index is 0.108. The zero-order chi connectivity index (χ0) is 15.2. The van der Waals surface area contributed by atoms with Crippen molar-refractivity contribution in [2.24, 2.45) is 5.92 Å². The lowest BCUT2D eigenvalue weighted by Crippen LogP contribution is -2.25. The van der Waals surface area contributed by atoms with Crippen molar-refractivity contribution >= 4 is 40.2 Å². The van der Waals surface area contributed by atoms with Gasteiger partial charge in [0.15, 0.2) is 6.61 Å². The van der Waals surface area contributed by atoms with Crippen LogP contribution < -0.4 is 5.32 Å². The highest BCUT2D eigenvalue weighted by molar-refractivity contribution is 14.1. The summed E-state index contributed by atoms with van der Waals surface area (Å²) in [6, 6.07) is 5.75. The highest BCUT2D eigenvalue weighted by Crippen LogP contribution is 2.20. The van der Waals surface area contributed by atoms with Crippen LogP contribution in [0.15, 0.2) is 30.4 Å². The van der Waals surface area contributed by atoms with Crippen molar-refractivity contribution in [1.29, 1.82) is 0 Å². The van der Waals surface area contributed by atoms with Crippen LogP contribution in [0.5, 0.6) is 0 Å². The number of allylic oxidation sites excluding steroid dienone is 2. The van der Waals surface area contributed by atoms with Crippen LogP contribution in [0.4, 0.5) is 5.69 Å². The first kappa shape index (κ1) is 16.0. The van der Waals surface area contributed by atoms with Gasteiger partial charge in [0, 0.05) is 9.26 Å². The van der Waals surface area contributed by atoms with E-state index in [-0.39, 0.29) is 24.4 Å². The summed E-state index contributed by atoms with van der Waals surface area (Å²) < 4.78 is 6.20. The molecular weight excluding hydrogens is 381 g/mol. The lowest BCUT2D eigenvalue weighted by molar-refractivity contribution is -0.151. The molecule has 1 atom stereocenters. The van der Waals surface area contributed by atoms with Crippen molar-refractivity contribution in [3.63, 3.8) is 0 Å². The van der Waals surface area contributed by atoms with Gasteiger partial charge in [0.2, 0.25) is 0 Å². The fourth-order valence-corrected chi connectivity index (χ4v) is 2.86. The monoisotopic (exact) mass is 399 g/mol. The average molecular weight is 399 g/mol. The number of amides is 1. The molecule has 1 N–H and O–H groups in total. The van der Waals surface area contributed by atoms with E-state index in [1.54, 1.807) is 0 Å². The molecule has 2 rings (SSSR count). The van der Waals surface area contributed by atoms with Crippen molar-refractivity contribution in [2.45, 2.75) is 26.2 Å². The fraction of sp³-hybridized carbons (Fsp3) is 0.375. The number of rotatable bonds is 4. The molecule has 0 aliphatic heterocycles. The zero-order valence-electron chi connectivity index (χ0n) is 11.9. The van der Waals surface area contributed by atoms with Crippen molar-refractivity contribution in [3.05, 3.63) is 39.5 Å². The topological polar surface area (TPSA) is 55.4 Å². The van der Waals surface area contributed by atoms with E-state index in [0.29, 0.717) is 6.42 Å². The molecule has 4 nitrogen and oxygen atoms in total. The van der Waals surface area contributed by atoms with E-state index in [2.05, 4.69) is 34.0 Å². The van der Waals surface area contributed by atoms with E-state index in [4.69, 9.17) is 4.74 Å². The van der Waals surface area contributed by atoms with E-state index in [1.165, 1.54) is 0 Å². The summed E-state index contributed by atoms with van der Waals surface area (Å²) in [5.41, 5.74) is 1.73. The number of hydrogen-bond acceptors (Lipinski definition) is 3. The summed E-state index contributed by atoms with van der Waals surface area (Å²) in [4.78, 5) is 23.7. The number of nitrogens with one attached hydrogen (secondary N) is 1. The Morgan fingerprint density at radius 1 is 1.38 bits per heavy atom. The molecule has 5 heteroatoms. The van der Waals surface area contributed by atoms with Crippen LogP contribution in [0.2, 0.25) is 0 Å². The van der Waals surface area contributed by atoms with E-state index in [0.717, 1.165) is 27.7 Å². The number of halogens is 1. The first-order valence-corrected chi connectivity index (χ1v) is 8.02. The summed E-state index contributed by atoms with van der Waals surface area (Å²) in [5.74, 6) is -0.698. The molecule has 0 radical (unpaired) electrons. The fourth-order valence-electron chi connectivity index (χ4n) is 2.22. The van der Waals surface area contributed by atoms with Gasteiger partial charge < -0.3 is 10.1 Å². The van der Waals surface area contributed by atoms with Gasteiger partial charge in [0.25, 0.3) is 5.91 Å². The molecule has 0 fully saturated rings. The van der Waals surface area contributed by atoms with Crippen LogP contribution >= 0.6 is 22.6 Å². The van der Waals surface area contributed by atoms with Gasteiger partial charge in [-0.15, -0.1) is 0 Å². The number of ether oxygens (including phenoxy) is 1. The van der Waals surface area contributed by atoms with Crippen molar-refractivity contribution in [1.82, 2.24) is 0 Å².